The van der Waals surface area contributed by atoms with Gasteiger partial charge in [-0.05, 0) is 18.9 Å². The van der Waals surface area contributed by atoms with Crippen molar-refractivity contribution in [3.8, 4) is 5.88 Å². The summed E-state index contributed by atoms with van der Waals surface area (Å²) in [7, 11) is 1.57. The zero-order chi connectivity index (χ0) is 13.5. The molecule has 0 fully saturated rings. The summed E-state index contributed by atoms with van der Waals surface area (Å²) < 4.78 is 4.99. The zero-order valence-electron chi connectivity index (χ0n) is 11.1. The Morgan fingerprint density at radius 2 is 2.28 bits per heavy atom. The standard InChI is InChI=1S/C13H20N2O3/c1-4-10(2)15(9-13(16)17)8-11-5-6-12(18-3)14-7-11/h5-7,10H,4,8-9H2,1-3H3,(H,16,17). The molecule has 0 aliphatic heterocycles. The third-order valence-electron chi connectivity index (χ3n) is 2.94. The third-order valence-corrected chi connectivity index (χ3v) is 2.94. The number of nitrogens with zero attached hydrogens (tertiary/aromatic N) is 2. The second kappa shape index (κ2) is 6.96. The summed E-state index contributed by atoms with van der Waals surface area (Å²) >= 11 is 0. The molecule has 100 valence electrons. The van der Waals surface area contributed by atoms with Gasteiger partial charge >= 0.3 is 5.97 Å². The Morgan fingerprint density at radius 1 is 1.56 bits per heavy atom. The number of hydrogen-bond acceptors (Lipinski definition) is 4. The predicted octanol–water partition coefficient (Wildman–Crippen LogP) is 1.78. The third kappa shape index (κ3) is 4.33. The summed E-state index contributed by atoms with van der Waals surface area (Å²) in [5.41, 5.74) is 0.984. The molecule has 0 spiro atoms. The van der Waals surface area contributed by atoms with Crippen LogP contribution in [-0.4, -0.2) is 40.7 Å². The Labute approximate surface area is 107 Å². The monoisotopic (exact) mass is 252 g/mol. The lowest BCUT2D eigenvalue weighted by molar-refractivity contribution is -0.139. The van der Waals surface area contributed by atoms with Gasteiger partial charge in [0, 0.05) is 24.8 Å². The fourth-order valence-electron chi connectivity index (χ4n) is 1.66. The van der Waals surface area contributed by atoms with Crippen LogP contribution in [0.1, 0.15) is 25.8 Å². The van der Waals surface area contributed by atoms with E-state index in [4.69, 9.17) is 9.84 Å². The van der Waals surface area contributed by atoms with E-state index in [1.165, 1.54) is 0 Å². The van der Waals surface area contributed by atoms with E-state index in [9.17, 15) is 4.79 Å². The summed E-state index contributed by atoms with van der Waals surface area (Å²) in [6.45, 7) is 4.70. The first-order chi connectivity index (χ1) is 8.56. The number of aliphatic carboxylic acids is 1. The lowest BCUT2D eigenvalue weighted by Gasteiger charge is -2.26. The average molecular weight is 252 g/mol. The van der Waals surface area contributed by atoms with E-state index < -0.39 is 5.97 Å². The Morgan fingerprint density at radius 3 is 2.72 bits per heavy atom. The molecule has 1 rings (SSSR count). The Balaban J connectivity index is 2.71. The zero-order valence-corrected chi connectivity index (χ0v) is 11.1. The van der Waals surface area contributed by atoms with Gasteiger partial charge in [0.15, 0.2) is 0 Å². The Hall–Kier alpha value is -1.62. The normalized spacial score (nSPS) is 12.4. The van der Waals surface area contributed by atoms with Crippen LogP contribution in [0.25, 0.3) is 0 Å². The van der Waals surface area contributed by atoms with E-state index in [0.717, 1.165) is 12.0 Å². The molecule has 5 nitrogen and oxygen atoms in total. The van der Waals surface area contributed by atoms with Gasteiger partial charge in [0.2, 0.25) is 5.88 Å². The molecule has 0 aliphatic rings. The fraction of sp³-hybridized carbons (Fsp3) is 0.538. The van der Waals surface area contributed by atoms with Gasteiger partial charge in [0.25, 0.3) is 0 Å². The van der Waals surface area contributed by atoms with Crippen molar-refractivity contribution < 1.29 is 14.6 Å². The Kier molecular flexibility index (Phi) is 5.58. The SMILES string of the molecule is CCC(C)N(CC(=O)O)Cc1ccc(OC)nc1. The maximum absolute atomic E-state index is 10.8. The van der Waals surface area contributed by atoms with Gasteiger partial charge in [0.05, 0.1) is 13.7 Å². The van der Waals surface area contributed by atoms with Crippen molar-refractivity contribution in [2.75, 3.05) is 13.7 Å². The van der Waals surface area contributed by atoms with Crippen LogP contribution in [0.3, 0.4) is 0 Å². The van der Waals surface area contributed by atoms with Crippen LogP contribution in [0.15, 0.2) is 18.3 Å². The highest BCUT2D eigenvalue weighted by atomic mass is 16.5. The first-order valence-electron chi connectivity index (χ1n) is 6.01. The van der Waals surface area contributed by atoms with Crippen molar-refractivity contribution in [3.63, 3.8) is 0 Å². The van der Waals surface area contributed by atoms with Crippen molar-refractivity contribution in [1.29, 1.82) is 0 Å². The molecule has 0 aliphatic carbocycles. The molecule has 0 amide bonds. The highest BCUT2D eigenvalue weighted by Gasteiger charge is 2.15. The van der Waals surface area contributed by atoms with Crippen LogP contribution in [0.2, 0.25) is 0 Å². The summed E-state index contributed by atoms with van der Waals surface area (Å²) in [4.78, 5) is 16.9. The minimum Gasteiger partial charge on any atom is -0.481 e. The molecule has 18 heavy (non-hydrogen) atoms. The second-order valence-electron chi connectivity index (χ2n) is 4.26. The quantitative estimate of drug-likeness (QED) is 0.801. The van der Waals surface area contributed by atoms with E-state index >= 15 is 0 Å². The van der Waals surface area contributed by atoms with Gasteiger partial charge < -0.3 is 9.84 Å². The van der Waals surface area contributed by atoms with Crippen molar-refractivity contribution in [1.82, 2.24) is 9.88 Å². The summed E-state index contributed by atoms with van der Waals surface area (Å²) in [6, 6.07) is 3.91. The first kappa shape index (κ1) is 14.4. The van der Waals surface area contributed by atoms with E-state index in [0.29, 0.717) is 12.4 Å². The number of rotatable bonds is 7. The van der Waals surface area contributed by atoms with Gasteiger partial charge in [-0.3, -0.25) is 9.69 Å². The number of carboxylic acid groups (broad SMARTS) is 1. The minimum absolute atomic E-state index is 0.0427. The molecular formula is C13H20N2O3. The molecule has 1 aromatic rings. The number of carboxylic acids is 1. The number of hydrogen-bond donors (Lipinski definition) is 1. The maximum Gasteiger partial charge on any atom is 0.317 e. The number of pyridine rings is 1. The van der Waals surface area contributed by atoms with E-state index in [1.54, 1.807) is 19.4 Å². The molecule has 0 saturated heterocycles. The van der Waals surface area contributed by atoms with Gasteiger partial charge in [-0.25, -0.2) is 4.98 Å². The molecule has 0 radical (unpaired) electrons. The maximum atomic E-state index is 10.8. The highest BCUT2D eigenvalue weighted by Crippen LogP contribution is 2.12. The molecule has 1 N–H and O–H groups in total. The average Bonchev–Trinajstić information content (AvgIpc) is 2.37. The molecule has 0 aromatic carbocycles. The molecule has 0 bridgehead atoms. The molecule has 5 heteroatoms. The first-order valence-corrected chi connectivity index (χ1v) is 6.01. The fourth-order valence-corrected chi connectivity index (χ4v) is 1.66. The van der Waals surface area contributed by atoms with Crippen molar-refractivity contribution >= 4 is 5.97 Å². The second-order valence-corrected chi connectivity index (χ2v) is 4.26. The molecular weight excluding hydrogens is 232 g/mol. The number of carbonyl (C=O) groups is 1. The molecule has 1 heterocycles. The highest BCUT2D eigenvalue weighted by molar-refractivity contribution is 5.69. The van der Waals surface area contributed by atoms with E-state index in [1.807, 2.05) is 24.8 Å². The Bertz CT molecular complexity index is 378. The smallest absolute Gasteiger partial charge is 0.317 e. The van der Waals surface area contributed by atoms with E-state index in [2.05, 4.69) is 4.98 Å². The van der Waals surface area contributed by atoms with Gasteiger partial charge in [-0.15, -0.1) is 0 Å². The molecule has 0 saturated carbocycles. The number of ether oxygens (including phenoxy) is 1. The van der Waals surface area contributed by atoms with Crippen LogP contribution in [-0.2, 0) is 11.3 Å². The van der Waals surface area contributed by atoms with Crippen molar-refractivity contribution in [2.24, 2.45) is 0 Å². The minimum atomic E-state index is -0.809. The topological polar surface area (TPSA) is 62.7 Å². The molecule has 1 unspecified atom stereocenters. The van der Waals surface area contributed by atoms with Crippen LogP contribution in [0.4, 0.5) is 0 Å². The molecule has 1 atom stereocenters. The van der Waals surface area contributed by atoms with Gasteiger partial charge in [-0.2, -0.15) is 0 Å². The van der Waals surface area contributed by atoms with E-state index in [-0.39, 0.29) is 12.6 Å². The number of methoxy groups -OCH3 is 1. The lowest BCUT2D eigenvalue weighted by atomic mass is 10.2. The summed E-state index contributed by atoms with van der Waals surface area (Å²) in [5, 5.41) is 8.91. The van der Waals surface area contributed by atoms with Crippen LogP contribution in [0, 0.1) is 0 Å². The van der Waals surface area contributed by atoms with Gasteiger partial charge in [0.1, 0.15) is 0 Å². The van der Waals surface area contributed by atoms with Crippen LogP contribution < -0.4 is 4.74 Å². The predicted molar refractivity (Wildman–Crippen MR) is 68.6 cm³/mol. The largest absolute Gasteiger partial charge is 0.481 e. The van der Waals surface area contributed by atoms with Crippen LogP contribution in [0.5, 0.6) is 5.88 Å². The van der Waals surface area contributed by atoms with Crippen LogP contribution >= 0.6 is 0 Å². The van der Waals surface area contributed by atoms with Crippen molar-refractivity contribution in [3.05, 3.63) is 23.9 Å². The summed E-state index contributed by atoms with van der Waals surface area (Å²) in [5.74, 6) is -0.246. The van der Waals surface area contributed by atoms with Gasteiger partial charge in [-0.1, -0.05) is 13.0 Å². The summed E-state index contributed by atoms with van der Waals surface area (Å²) in [6.07, 6.45) is 2.63. The molecule has 1 aromatic heterocycles. The number of aromatic nitrogens is 1. The lowest BCUT2D eigenvalue weighted by Crippen LogP contribution is -2.36. The van der Waals surface area contributed by atoms with Crippen molar-refractivity contribution in [2.45, 2.75) is 32.9 Å².